The van der Waals surface area contributed by atoms with Gasteiger partial charge in [-0.05, 0) is 24.6 Å². The number of rotatable bonds is 4. The molecule has 2 aromatic rings. The van der Waals surface area contributed by atoms with Crippen molar-refractivity contribution in [2.75, 3.05) is 6.61 Å². The number of hydrogen-bond donors (Lipinski definition) is 0. The molecule has 0 saturated heterocycles. The molecule has 0 saturated carbocycles. The SMILES string of the molecule is CCOc1ncc(C(C)c2ccc(C#N)cc2)s1. The van der Waals surface area contributed by atoms with Gasteiger partial charge in [0.25, 0.3) is 5.19 Å². The highest BCUT2D eigenvalue weighted by atomic mass is 32.1. The Balaban J connectivity index is 2.18. The lowest BCUT2D eigenvalue weighted by Gasteiger charge is -2.08. The van der Waals surface area contributed by atoms with Crippen molar-refractivity contribution in [1.82, 2.24) is 4.98 Å². The predicted octanol–water partition coefficient (Wildman–Crippen LogP) is 3.57. The van der Waals surface area contributed by atoms with E-state index in [0.29, 0.717) is 17.4 Å². The van der Waals surface area contributed by atoms with Crippen molar-refractivity contribution >= 4 is 11.3 Å². The van der Waals surface area contributed by atoms with Gasteiger partial charge in [-0.2, -0.15) is 5.26 Å². The lowest BCUT2D eigenvalue weighted by atomic mass is 9.99. The molecule has 1 heterocycles. The van der Waals surface area contributed by atoms with Gasteiger partial charge in [0.2, 0.25) is 0 Å². The molecule has 0 amide bonds. The van der Waals surface area contributed by atoms with Crippen molar-refractivity contribution < 1.29 is 4.74 Å². The predicted molar refractivity (Wildman–Crippen MR) is 72.0 cm³/mol. The van der Waals surface area contributed by atoms with Crippen LogP contribution in [0.3, 0.4) is 0 Å². The van der Waals surface area contributed by atoms with Crippen LogP contribution >= 0.6 is 11.3 Å². The van der Waals surface area contributed by atoms with E-state index in [1.165, 1.54) is 10.4 Å². The van der Waals surface area contributed by atoms with Gasteiger partial charge in [-0.25, -0.2) is 4.98 Å². The molecule has 0 radical (unpaired) electrons. The van der Waals surface area contributed by atoms with E-state index >= 15 is 0 Å². The summed E-state index contributed by atoms with van der Waals surface area (Å²) in [6.07, 6.45) is 1.86. The highest BCUT2D eigenvalue weighted by molar-refractivity contribution is 7.13. The molecule has 0 aliphatic heterocycles. The molecule has 0 aliphatic carbocycles. The van der Waals surface area contributed by atoms with Gasteiger partial charge in [-0.15, -0.1) is 0 Å². The minimum atomic E-state index is 0.268. The van der Waals surface area contributed by atoms with Crippen molar-refractivity contribution in [1.29, 1.82) is 5.26 Å². The van der Waals surface area contributed by atoms with Crippen LogP contribution in [0.2, 0.25) is 0 Å². The van der Waals surface area contributed by atoms with Gasteiger partial charge in [0.05, 0.1) is 18.2 Å². The fourth-order valence-electron chi connectivity index (χ4n) is 1.67. The van der Waals surface area contributed by atoms with E-state index in [9.17, 15) is 0 Å². The van der Waals surface area contributed by atoms with Gasteiger partial charge in [-0.1, -0.05) is 30.4 Å². The van der Waals surface area contributed by atoms with E-state index in [2.05, 4.69) is 18.0 Å². The van der Waals surface area contributed by atoms with E-state index < -0.39 is 0 Å². The molecule has 1 aromatic heterocycles. The topological polar surface area (TPSA) is 45.9 Å². The Morgan fingerprint density at radius 3 is 2.72 bits per heavy atom. The maximum absolute atomic E-state index is 8.77. The van der Waals surface area contributed by atoms with Crippen LogP contribution in [-0.2, 0) is 0 Å². The zero-order valence-corrected chi connectivity index (χ0v) is 11.2. The number of nitriles is 1. The van der Waals surface area contributed by atoms with Crippen LogP contribution < -0.4 is 4.74 Å². The summed E-state index contributed by atoms with van der Waals surface area (Å²) in [5.41, 5.74) is 1.87. The fraction of sp³-hybridized carbons (Fsp3) is 0.286. The summed E-state index contributed by atoms with van der Waals surface area (Å²) in [7, 11) is 0. The number of aromatic nitrogens is 1. The number of benzene rings is 1. The molecule has 0 bridgehead atoms. The van der Waals surface area contributed by atoms with Crippen molar-refractivity contribution in [2.45, 2.75) is 19.8 Å². The van der Waals surface area contributed by atoms with Crippen LogP contribution in [0, 0.1) is 11.3 Å². The highest BCUT2D eigenvalue weighted by Gasteiger charge is 2.12. The summed E-state index contributed by atoms with van der Waals surface area (Å²) in [5.74, 6) is 0.268. The molecule has 1 atom stereocenters. The number of hydrogen-bond acceptors (Lipinski definition) is 4. The summed E-state index contributed by atoms with van der Waals surface area (Å²) in [5, 5.41) is 9.49. The van der Waals surface area contributed by atoms with Crippen LogP contribution in [0.25, 0.3) is 0 Å². The molecule has 4 heteroatoms. The second-order valence-corrected chi connectivity index (χ2v) is 4.94. The highest BCUT2D eigenvalue weighted by Crippen LogP contribution is 2.31. The van der Waals surface area contributed by atoms with Crippen molar-refractivity contribution in [3.8, 4) is 11.3 Å². The van der Waals surface area contributed by atoms with E-state index in [0.717, 1.165) is 0 Å². The van der Waals surface area contributed by atoms with Crippen LogP contribution in [-0.4, -0.2) is 11.6 Å². The summed E-state index contributed by atoms with van der Waals surface area (Å²) in [6, 6.07) is 9.79. The minimum absolute atomic E-state index is 0.268. The average Bonchev–Trinajstić information content (AvgIpc) is 2.87. The largest absolute Gasteiger partial charge is 0.470 e. The molecular weight excluding hydrogens is 244 g/mol. The third-order valence-corrected chi connectivity index (χ3v) is 3.83. The van der Waals surface area contributed by atoms with Crippen LogP contribution in [0.4, 0.5) is 0 Å². The van der Waals surface area contributed by atoms with Crippen molar-refractivity contribution in [2.24, 2.45) is 0 Å². The van der Waals surface area contributed by atoms with Gasteiger partial charge >= 0.3 is 0 Å². The van der Waals surface area contributed by atoms with Gasteiger partial charge in [0.1, 0.15) is 0 Å². The Kier molecular flexibility index (Phi) is 3.96. The third-order valence-electron chi connectivity index (χ3n) is 2.74. The maximum atomic E-state index is 8.77. The van der Waals surface area contributed by atoms with Crippen LogP contribution in [0.5, 0.6) is 5.19 Å². The standard InChI is InChI=1S/C14H14N2OS/c1-3-17-14-16-9-13(18-14)10(2)12-6-4-11(8-15)5-7-12/h4-7,9-10H,3H2,1-2H3. The second-order valence-electron chi connectivity index (χ2n) is 3.92. The van der Waals surface area contributed by atoms with Crippen LogP contribution in [0.1, 0.15) is 35.8 Å². The fourth-order valence-corrected chi connectivity index (χ4v) is 2.57. The lowest BCUT2D eigenvalue weighted by molar-refractivity contribution is 0.338. The monoisotopic (exact) mass is 258 g/mol. The molecule has 0 aliphatic rings. The normalized spacial score (nSPS) is 11.8. The first kappa shape index (κ1) is 12.6. The molecule has 92 valence electrons. The quantitative estimate of drug-likeness (QED) is 0.842. The zero-order chi connectivity index (χ0) is 13.0. The number of ether oxygens (including phenoxy) is 1. The van der Waals surface area contributed by atoms with Gasteiger partial charge in [0, 0.05) is 17.0 Å². The van der Waals surface area contributed by atoms with E-state index in [1.807, 2.05) is 37.4 Å². The Morgan fingerprint density at radius 1 is 1.39 bits per heavy atom. The summed E-state index contributed by atoms with van der Waals surface area (Å²) in [4.78, 5) is 5.40. The Morgan fingerprint density at radius 2 is 2.11 bits per heavy atom. The third kappa shape index (κ3) is 2.69. The first-order chi connectivity index (χ1) is 8.74. The molecule has 0 N–H and O–H groups in total. The first-order valence-electron chi connectivity index (χ1n) is 5.83. The maximum Gasteiger partial charge on any atom is 0.273 e. The van der Waals surface area contributed by atoms with Crippen molar-refractivity contribution in [3.63, 3.8) is 0 Å². The molecular formula is C14H14N2OS. The summed E-state index contributed by atoms with van der Waals surface area (Å²) < 4.78 is 5.37. The molecule has 3 nitrogen and oxygen atoms in total. The van der Waals surface area contributed by atoms with E-state index in [-0.39, 0.29) is 5.92 Å². The first-order valence-corrected chi connectivity index (χ1v) is 6.64. The Bertz CT molecular complexity index is 554. The molecule has 1 unspecified atom stereocenters. The zero-order valence-electron chi connectivity index (χ0n) is 10.4. The van der Waals surface area contributed by atoms with Gasteiger partial charge < -0.3 is 4.74 Å². The average molecular weight is 258 g/mol. The van der Waals surface area contributed by atoms with E-state index in [4.69, 9.17) is 10.00 Å². The number of nitrogens with zero attached hydrogens (tertiary/aromatic N) is 2. The summed E-state index contributed by atoms with van der Waals surface area (Å²) in [6.45, 7) is 4.72. The lowest BCUT2D eigenvalue weighted by Crippen LogP contribution is -1.92. The Hall–Kier alpha value is -1.86. The summed E-state index contributed by atoms with van der Waals surface area (Å²) >= 11 is 1.57. The van der Waals surface area contributed by atoms with E-state index in [1.54, 1.807) is 11.3 Å². The van der Waals surface area contributed by atoms with Gasteiger partial charge in [-0.3, -0.25) is 0 Å². The number of thiazole rings is 1. The molecule has 18 heavy (non-hydrogen) atoms. The second kappa shape index (κ2) is 5.65. The molecule has 0 spiro atoms. The minimum Gasteiger partial charge on any atom is -0.470 e. The smallest absolute Gasteiger partial charge is 0.273 e. The Labute approximate surface area is 111 Å². The van der Waals surface area contributed by atoms with Crippen LogP contribution in [0.15, 0.2) is 30.5 Å². The molecule has 2 rings (SSSR count). The molecule has 0 fully saturated rings. The molecule has 1 aromatic carbocycles. The van der Waals surface area contributed by atoms with Gasteiger partial charge in [0.15, 0.2) is 0 Å². The van der Waals surface area contributed by atoms with Crippen molar-refractivity contribution in [3.05, 3.63) is 46.5 Å².